The van der Waals surface area contributed by atoms with E-state index in [1.807, 2.05) is 26.2 Å². The van der Waals surface area contributed by atoms with Crippen LogP contribution in [0.2, 0.25) is 0 Å². The second-order valence-electron chi connectivity index (χ2n) is 6.09. The molecule has 0 bridgehead atoms. The molecule has 2 aromatic carbocycles. The number of anilines is 2. The van der Waals surface area contributed by atoms with Crippen molar-refractivity contribution in [2.24, 2.45) is 0 Å². The number of nitrogens with zero attached hydrogens (tertiary/aromatic N) is 5. The summed E-state index contributed by atoms with van der Waals surface area (Å²) < 4.78 is 2.85. The summed E-state index contributed by atoms with van der Waals surface area (Å²) in [5.41, 5.74) is 4.38. The van der Waals surface area contributed by atoms with Crippen molar-refractivity contribution in [2.75, 3.05) is 24.3 Å². The topological polar surface area (TPSA) is 58.9 Å². The van der Waals surface area contributed by atoms with Gasteiger partial charge in [0.2, 0.25) is 5.95 Å². The van der Waals surface area contributed by atoms with Gasteiger partial charge < -0.3 is 10.2 Å². The zero-order valence-electron chi connectivity index (χ0n) is 13.9. The van der Waals surface area contributed by atoms with Crippen LogP contribution >= 0.6 is 15.9 Å². The van der Waals surface area contributed by atoms with Crippen LogP contribution in [0, 0.1) is 0 Å². The van der Waals surface area contributed by atoms with Gasteiger partial charge in [0.05, 0.1) is 0 Å². The van der Waals surface area contributed by atoms with Gasteiger partial charge in [-0.05, 0) is 51.9 Å². The summed E-state index contributed by atoms with van der Waals surface area (Å²) in [6.07, 6.45) is 2.15. The minimum Gasteiger partial charge on any atom is -0.378 e. The Balaban J connectivity index is 1.75. The van der Waals surface area contributed by atoms with Crippen LogP contribution in [0.3, 0.4) is 0 Å². The highest BCUT2D eigenvalue weighted by molar-refractivity contribution is 9.10. The third kappa shape index (κ3) is 3.02. The Kier molecular flexibility index (Phi) is 4.01. The Hall–Kier alpha value is -2.67. The molecule has 0 saturated carbocycles. The van der Waals surface area contributed by atoms with E-state index < -0.39 is 0 Å². The van der Waals surface area contributed by atoms with Crippen LogP contribution in [0.25, 0.3) is 5.70 Å². The quantitative estimate of drug-likeness (QED) is 0.733. The Bertz CT molecular complexity index is 911. The van der Waals surface area contributed by atoms with Crippen LogP contribution in [0.15, 0.2) is 59.1 Å². The van der Waals surface area contributed by atoms with Crippen LogP contribution in [0.1, 0.15) is 17.2 Å². The number of allylic oxidation sites excluding steroid dienone is 1. The minimum atomic E-state index is -0.0545. The fourth-order valence-electron chi connectivity index (χ4n) is 2.86. The van der Waals surface area contributed by atoms with Crippen molar-refractivity contribution >= 4 is 33.3 Å². The molecule has 0 amide bonds. The number of hydrogen-bond acceptors (Lipinski definition) is 5. The predicted octanol–water partition coefficient (Wildman–Crippen LogP) is 3.56. The number of halogens is 1. The maximum absolute atomic E-state index is 4.14. The Labute approximate surface area is 154 Å². The lowest BCUT2D eigenvalue weighted by molar-refractivity contribution is 0.586. The molecule has 25 heavy (non-hydrogen) atoms. The molecule has 1 aromatic heterocycles. The molecule has 126 valence electrons. The molecule has 1 N–H and O–H groups in total. The van der Waals surface area contributed by atoms with Gasteiger partial charge in [0.1, 0.15) is 6.04 Å². The molecule has 0 spiro atoms. The van der Waals surface area contributed by atoms with E-state index in [2.05, 4.69) is 84.1 Å². The van der Waals surface area contributed by atoms with E-state index >= 15 is 0 Å². The van der Waals surface area contributed by atoms with Crippen molar-refractivity contribution in [3.8, 4) is 0 Å². The molecule has 1 aliphatic heterocycles. The zero-order chi connectivity index (χ0) is 17.4. The monoisotopic (exact) mass is 396 g/mol. The van der Waals surface area contributed by atoms with Gasteiger partial charge in [-0.1, -0.05) is 45.3 Å². The largest absolute Gasteiger partial charge is 0.378 e. The fourth-order valence-corrected chi connectivity index (χ4v) is 3.12. The number of hydrogen-bond donors (Lipinski definition) is 1. The first-order valence-corrected chi connectivity index (χ1v) is 8.71. The molecule has 0 saturated heterocycles. The van der Waals surface area contributed by atoms with Gasteiger partial charge in [-0.2, -0.15) is 4.68 Å². The number of fused-ring (bicyclic) bond motifs is 1. The number of aromatic nitrogens is 4. The minimum absolute atomic E-state index is 0.0545. The number of nitrogens with one attached hydrogen (secondary N) is 1. The second-order valence-corrected chi connectivity index (χ2v) is 7.01. The van der Waals surface area contributed by atoms with E-state index in [1.165, 1.54) is 0 Å². The van der Waals surface area contributed by atoms with E-state index in [1.54, 1.807) is 4.68 Å². The molecule has 0 radical (unpaired) electrons. The van der Waals surface area contributed by atoms with Crippen molar-refractivity contribution in [2.45, 2.75) is 6.04 Å². The van der Waals surface area contributed by atoms with Gasteiger partial charge in [-0.15, -0.1) is 0 Å². The molecule has 7 heteroatoms. The highest BCUT2D eigenvalue weighted by atomic mass is 79.9. The molecule has 3 aromatic rings. The van der Waals surface area contributed by atoms with Crippen LogP contribution in [0.5, 0.6) is 0 Å². The molecular weight excluding hydrogens is 380 g/mol. The molecular formula is C18H17BrN6. The highest BCUT2D eigenvalue weighted by Gasteiger charge is 2.24. The smallest absolute Gasteiger partial charge is 0.248 e. The summed E-state index contributed by atoms with van der Waals surface area (Å²) in [6, 6.07) is 16.6. The van der Waals surface area contributed by atoms with Crippen molar-refractivity contribution in [3.05, 3.63) is 70.2 Å². The lowest BCUT2D eigenvalue weighted by atomic mass is 10.0. The molecule has 1 unspecified atom stereocenters. The van der Waals surface area contributed by atoms with Gasteiger partial charge in [-0.25, -0.2) is 0 Å². The van der Waals surface area contributed by atoms with Crippen molar-refractivity contribution < 1.29 is 0 Å². The maximum Gasteiger partial charge on any atom is 0.248 e. The first kappa shape index (κ1) is 15.8. The molecule has 1 aliphatic rings. The van der Waals surface area contributed by atoms with Gasteiger partial charge >= 0.3 is 0 Å². The first-order valence-electron chi connectivity index (χ1n) is 7.92. The molecule has 6 nitrogen and oxygen atoms in total. The second kappa shape index (κ2) is 6.33. The molecule has 1 atom stereocenters. The van der Waals surface area contributed by atoms with E-state index in [0.29, 0.717) is 5.95 Å². The van der Waals surface area contributed by atoms with Gasteiger partial charge in [0.15, 0.2) is 0 Å². The Morgan fingerprint density at radius 1 is 1.04 bits per heavy atom. The lowest BCUT2D eigenvalue weighted by Gasteiger charge is -2.24. The fraction of sp³-hybridized carbons (Fsp3) is 0.167. The SMILES string of the molecule is CN(C)c1ccc(C2C=C(c3ccc(Br)cc3)Nc3nnnn32)cc1. The third-order valence-electron chi connectivity index (χ3n) is 4.23. The molecule has 2 heterocycles. The lowest BCUT2D eigenvalue weighted by Crippen LogP contribution is -2.20. The Morgan fingerprint density at radius 3 is 2.44 bits per heavy atom. The predicted molar refractivity (Wildman–Crippen MR) is 102 cm³/mol. The summed E-state index contributed by atoms with van der Waals surface area (Å²) in [5.74, 6) is 0.641. The van der Waals surface area contributed by atoms with E-state index in [-0.39, 0.29) is 6.04 Å². The summed E-state index contributed by atoms with van der Waals surface area (Å²) in [5, 5.41) is 15.4. The van der Waals surface area contributed by atoms with Gasteiger partial charge in [0.25, 0.3) is 0 Å². The summed E-state index contributed by atoms with van der Waals surface area (Å²) in [4.78, 5) is 2.08. The third-order valence-corrected chi connectivity index (χ3v) is 4.76. The summed E-state index contributed by atoms with van der Waals surface area (Å²) in [6.45, 7) is 0. The van der Waals surface area contributed by atoms with Gasteiger partial charge in [0, 0.05) is 30.0 Å². The Morgan fingerprint density at radius 2 is 1.76 bits per heavy atom. The van der Waals surface area contributed by atoms with E-state index in [9.17, 15) is 0 Å². The standard InChI is InChI=1S/C18H17BrN6/c1-24(2)15-9-5-13(6-10-15)17-11-16(12-3-7-14(19)8-4-12)20-18-21-22-23-25(17)18/h3-11,17H,1-2H3,(H,20,21,23). The number of tetrazole rings is 1. The maximum atomic E-state index is 4.14. The van der Waals surface area contributed by atoms with Gasteiger partial charge in [-0.3, -0.25) is 0 Å². The number of rotatable bonds is 3. The van der Waals surface area contributed by atoms with E-state index in [0.717, 1.165) is 27.0 Å². The summed E-state index contributed by atoms with van der Waals surface area (Å²) in [7, 11) is 4.06. The van der Waals surface area contributed by atoms with Crippen LogP contribution in [-0.2, 0) is 0 Å². The van der Waals surface area contributed by atoms with Crippen molar-refractivity contribution in [1.82, 2.24) is 20.2 Å². The molecule has 0 fully saturated rings. The average Bonchev–Trinajstić information content (AvgIpc) is 3.10. The number of benzene rings is 2. The first-order chi connectivity index (χ1) is 12.1. The van der Waals surface area contributed by atoms with Crippen LogP contribution < -0.4 is 10.2 Å². The van der Waals surface area contributed by atoms with E-state index in [4.69, 9.17) is 0 Å². The average molecular weight is 397 g/mol. The molecule has 4 rings (SSSR count). The zero-order valence-corrected chi connectivity index (χ0v) is 15.5. The normalized spacial score (nSPS) is 16.0. The van der Waals surface area contributed by atoms with Crippen LogP contribution in [-0.4, -0.2) is 34.3 Å². The summed E-state index contributed by atoms with van der Waals surface area (Å²) >= 11 is 3.48. The molecule has 0 aliphatic carbocycles. The highest BCUT2D eigenvalue weighted by Crippen LogP contribution is 2.32. The van der Waals surface area contributed by atoms with Crippen molar-refractivity contribution in [1.29, 1.82) is 0 Å². The van der Waals surface area contributed by atoms with Crippen molar-refractivity contribution in [3.63, 3.8) is 0 Å². The van der Waals surface area contributed by atoms with Crippen LogP contribution in [0.4, 0.5) is 11.6 Å².